The van der Waals surface area contributed by atoms with Crippen molar-refractivity contribution < 1.29 is 27.9 Å². The number of likely N-dealkylation sites (N-methyl/N-ethyl adjacent to an activating group) is 1. The molecule has 0 bridgehead atoms. The second-order valence-electron chi connectivity index (χ2n) is 4.75. The van der Waals surface area contributed by atoms with Crippen LogP contribution in [0.4, 0.5) is 19.3 Å². The number of nitrogens with zero attached hydrogens (tertiary/aromatic N) is 1. The Labute approximate surface area is 138 Å². The van der Waals surface area contributed by atoms with Crippen LogP contribution in [0.3, 0.4) is 0 Å². The van der Waals surface area contributed by atoms with Crippen LogP contribution in [0.2, 0.25) is 0 Å². The molecule has 132 valence electrons. The van der Waals surface area contributed by atoms with Crippen LogP contribution in [0.25, 0.3) is 0 Å². The quantitative estimate of drug-likeness (QED) is 0.783. The molecule has 0 radical (unpaired) electrons. The Kier molecular flexibility index (Phi) is 7.76. The van der Waals surface area contributed by atoms with E-state index in [1.165, 1.54) is 11.0 Å². The van der Waals surface area contributed by atoms with Crippen molar-refractivity contribution in [1.29, 1.82) is 0 Å². The maximum atomic E-state index is 13.1. The highest BCUT2D eigenvalue weighted by Crippen LogP contribution is 2.12. The first-order valence-corrected chi connectivity index (χ1v) is 7.29. The lowest BCUT2D eigenvalue weighted by Crippen LogP contribution is -2.43. The molecule has 0 fully saturated rings. The third-order valence-corrected chi connectivity index (χ3v) is 2.90. The Morgan fingerprint density at radius 2 is 1.75 bits per heavy atom. The molecule has 1 aromatic carbocycles. The Balaban J connectivity index is 2.51. The maximum Gasteiger partial charge on any atom is 0.413 e. The summed E-state index contributed by atoms with van der Waals surface area (Å²) < 4.78 is 30.5. The molecule has 0 saturated carbocycles. The van der Waals surface area contributed by atoms with Crippen LogP contribution >= 0.6 is 0 Å². The molecule has 9 heteroatoms. The predicted octanol–water partition coefficient (Wildman–Crippen LogP) is 1.50. The van der Waals surface area contributed by atoms with Crippen molar-refractivity contribution in [2.75, 3.05) is 31.6 Å². The summed E-state index contributed by atoms with van der Waals surface area (Å²) in [5.41, 5.74) is 0.103. The summed E-state index contributed by atoms with van der Waals surface area (Å²) in [6.07, 6.45) is -0.857. The average molecular weight is 343 g/mol. The maximum absolute atomic E-state index is 13.1. The van der Waals surface area contributed by atoms with E-state index < -0.39 is 29.5 Å². The summed E-state index contributed by atoms with van der Waals surface area (Å²) >= 11 is 0. The second kappa shape index (κ2) is 9.56. The Morgan fingerprint density at radius 3 is 2.33 bits per heavy atom. The van der Waals surface area contributed by atoms with E-state index in [9.17, 15) is 23.2 Å². The number of anilines is 1. The second-order valence-corrected chi connectivity index (χ2v) is 4.75. The summed E-state index contributed by atoms with van der Waals surface area (Å²) in [6.45, 7) is 3.47. The SMILES string of the molecule is CCOC(=O)NC(=O)CN(CC)CC(=O)Nc1ccc(F)c(F)c1. The normalized spacial score (nSPS) is 10.4. The molecule has 1 rings (SSSR count). The van der Waals surface area contributed by atoms with Gasteiger partial charge in [0.25, 0.3) is 0 Å². The third-order valence-electron chi connectivity index (χ3n) is 2.90. The summed E-state index contributed by atoms with van der Waals surface area (Å²) in [7, 11) is 0. The molecule has 7 nitrogen and oxygen atoms in total. The van der Waals surface area contributed by atoms with E-state index in [0.29, 0.717) is 6.54 Å². The fourth-order valence-corrected chi connectivity index (χ4v) is 1.78. The number of carbonyl (C=O) groups excluding carboxylic acids is 3. The van der Waals surface area contributed by atoms with Gasteiger partial charge in [0, 0.05) is 11.8 Å². The zero-order valence-electron chi connectivity index (χ0n) is 13.4. The van der Waals surface area contributed by atoms with E-state index in [2.05, 4.69) is 10.1 Å². The van der Waals surface area contributed by atoms with Crippen molar-refractivity contribution in [3.8, 4) is 0 Å². The number of hydrogen-bond acceptors (Lipinski definition) is 5. The molecular weight excluding hydrogens is 324 g/mol. The molecular formula is C15H19F2N3O4. The molecule has 0 spiro atoms. The molecule has 0 aliphatic rings. The highest BCUT2D eigenvalue weighted by Gasteiger charge is 2.16. The summed E-state index contributed by atoms with van der Waals surface area (Å²) in [4.78, 5) is 36.1. The smallest absolute Gasteiger partial charge is 0.413 e. The molecule has 2 N–H and O–H groups in total. The van der Waals surface area contributed by atoms with Gasteiger partial charge >= 0.3 is 6.09 Å². The lowest BCUT2D eigenvalue weighted by atomic mass is 10.3. The van der Waals surface area contributed by atoms with E-state index in [4.69, 9.17) is 0 Å². The van der Waals surface area contributed by atoms with Gasteiger partial charge in [0.2, 0.25) is 11.8 Å². The van der Waals surface area contributed by atoms with Gasteiger partial charge in [0.1, 0.15) is 0 Å². The van der Waals surface area contributed by atoms with Crippen molar-refractivity contribution in [3.63, 3.8) is 0 Å². The van der Waals surface area contributed by atoms with Gasteiger partial charge in [0.05, 0.1) is 19.7 Å². The summed E-state index contributed by atoms with van der Waals surface area (Å²) in [6, 6.07) is 2.98. The first-order chi connectivity index (χ1) is 11.3. The van der Waals surface area contributed by atoms with Crippen molar-refractivity contribution in [2.45, 2.75) is 13.8 Å². The van der Waals surface area contributed by atoms with Gasteiger partial charge in [-0.15, -0.1) is 0 Å². The van der Waals surface area contributed by atoms with Gasteiger partial charge in [-0.05, 0) is 25.6 Å². The van der Waals surface area contributed by atoms with E-state index in [-0.39, 0.29) is 25.4 Å². The zero-order valence-corrected chi connectivity index (χ0v) is 13.4. The average Bonchev–Trinajstić information content (AvgIpc) is 2.50. The van der Waals surface area contributed by atoms with Crippen LogP contribution in [-0.4, -0.2) is 49.0 Å². The Bertz CT molecular complexity index is 610. The molecule has 0 saturated heterocycles. The molecule has 24 heavy (non-hydrogen) atoms. The van der Waals surface area contributed by atoms with Crippen molar-refractivity contribution in [2.24, 2.45) is 0 Å². The highest BCUT2D eigenvalue weighted by atomic mass is 19.2. The number of imide groups is 1. The lowest BCUT2D eigenvalue weighted by molar-refractivity contribution is -0.122. The number of carbonyl (C=O) groups is 3. The van der Waals surface area contributed by atoms with Gasteiger partial charge in [0.15, 0.2) is 11.6 Å². The minimum Gasteiger partial charge on any atom is -0.450 e. The molecule has 0 aromatic heterocycles. The number of benzene rings is 1. The largest absolute Gasteiger partial charge is 0.450 e. The first-order valence-electron chi connectivity index (χ1n) is 7.29. The summed E-state index contributed by atoms with van der Waals surface area (Å²) in [5, 5.41) is 4.42. The minimum atomic E-state index is -1.08. The van der Waals surface area contributed by atoms with Crippen LogP contribution in [0.5, 0.6) is 0 Å². The fraction of sp³-hybridized carbons (Fsp3) is 0.400. The van der Waals surface area contributed by atoms with Gasteiger partial charge < -0.3 is 10.1 Å². The monoisotopic (exact) mass is 343 g/mol. The van der Waals surface area contributed by atoms with Crippen LogP contribution in [0, 0.1) is 11.6 Å². The van der Waals surface area contributed by atoms with Gasteiger partial charge in [-0.1, -0.05) is 6.92 Å². The van der Waals surface area contributed by atoms with Crippen molar-refractivity contribution >= 4 is 23.6 Å². The van der Waals surface area contributed by atoms with Gasteiger partial charge in [-0.25, -0.2) is 13.6 Å². The predicted molar refractivity (Wildman–Crippen MR) is 82.3 cm³/mol. The third kappa shape index (κ3) is 6.69. The van der Waals surface area contributed by atoms with Gasteiger partial charge in [-0.3, -0.25) is 19.8 Å². The molecule has 0 heterocycles. The number of rotatable bonds is 7. The Hall–Kier alpha value is -2.55. The minimum absolute atomic E-state index is 0.103. The van der Waals surface area contributed by atoms with Crippen LogP contribution in [-0.2, 0) is 14.3 Å². The number of halogens is 2. The first kappa shape index (κ1) is 19.5. The topological polar surface area (TPSA) is 87.7 Å². The van der Waals surface area contributed by atoms with Gasteiger partial charge in [-0.2, -0.15) is 0 Å². The number of alkyl carbamates (subject to hydrolysis) is 1. The van der Waals surface area contributed by atoms with Crippen molar-refractivity contribution in [3.05, 3.63) is 29.8 Å². The standard InChI is InChI=1S/C15H19F2N3O4/c1-3-20(9-14(22)19-15(23)24-4-2)8-13(21)18-10-5-6-11(16)12(17)7-10/h5-7H,3-4,8-9H2,1-2H3,(H,18,21)(H,19,22,23). The number of nitrogens with one attached hydrogen (secondary N) is 2. The van der Waals surface area contributed by atoms with Crippen LogP contribution < -0.4 is 10.6 Å². The van der Waals surface area contributed by atoms with E-state index in [0.717, 1.165) is 12.1 Å². The number of amides is 3. The van der Waals surface area contributed by atoms with E-state index >= 15 is 0 Å². The zero-order chi connectivity index (χ0) is 18.1. The van der Waals surface area contributed by atoms with Crippen LogP contribution in [0.15, 0.2) is 18.2 Å². The molecule has 3 amide bonds. The fourth-order valence-electron chi connectivity index (χ4n) is 1.78. The van der Waals surface area contributed by atoms with E-state index in [1.54, 1.807) is 13.8 Å². The molecule has 0 atom stereocenters. The van der Waals surface area contributed by atoms with Crippen molar-refractivity contribution in [1.82, 2.24) is 10.2 Å². The summed E-state index contributed by atoms with van der Waals surface area (Å²) in [5.74, 6) is -3.21. The molecule has 0 aliphatic heterocycles. The van der Waals surface area contributed by atoms with E-state index in [1.807, 2.05) is 5.32 Å². The molecule has 1 aromatic rings. The van der Waals surface area contributed by atoms with Crippen LogP contribution in [0.1, 0.15) is 13.8 Å². The molecule has 0 aliphatic carbocycles. The number of ether oxygens (including phenoxy) is 1. The number of hydrogen-bond donors (Lipinski definition) is 2. The Morgan fingerprint density at radius 1 is 1.08 bits per heavy atom. The molecule has 0 unspecified atom stereocenters. The highest BCUT2D eigenvalue weighted by molar-refractivity contribution is 5.94. The lowest BCUT2D eigenvalue weighted by Gasteiger charge is -2.19.